The summed E-state index contributed by atoms with van der Waals surface area (Å²) in [6.07, 6.45) is 0. The number of rotatable bonds is 5. The number of benzene rings is 2. The Balaban J connectivity index is 1.65. The summed E-state index contributed by atoms with van der Waals surface area (Å²) >= 11 is 0. The van der Waals surface area contributed by atoms with Gasteiger partial charge in [0.05, 0.1) is 6.54 Å². The summed E-state index contributed by atoms with van der Waals surface area (Å²) in [6, 6.07) is 17.2. The van der Waals surface area contributed by atoms with Crippen LogP contribution in [0.2, 0.25) is 0 Å². The van der Waals surface area contributed by atoms with Crippen LogP contribution in [-0.2, 0) is 0 Å². The summed E-state index contributed by atoms with van der Waals surface area (Å²) in [5.74, 6) is 1.07. The molecule has 0 bridgehead atoms. The maximum Gasteiger partial charge on any atom is 0.289 e. The summed E-state index contributed by atoms with van der Waals surface area (Å²) in [4.78, 5) is 14.2. The van der Waals surface area contributed by atoms with E-state index >= 15 is 0 Å². The maximum absolute atomic E-state index is 12.6. The first kappa shape index (κ1) is 15.2. The quantitative estimate of drug-likeness (QED) is 0.718. The molecule has 0 saturated carbocycles. The van der Waals surface area contributed by atoms with Gasteiger partial charge in [-0.3, -0.25) is 4.79 Å². The number of aryl methyl sites for hydroxylation is 1. The van der Waals surface area contributed by atoms with Gasteiger partial charge in [0.25, 0.3) is 5.91 Å². The van der Waals surface area contributed by atoms with Crippen molar-refractivity contribution in [2.45, 2.75) is 6.92 Å². The van der Waals surface area contributed by atoms with Gasteiger partial charge in [0.2, 0.25) is 0 Å². The van der Waals surface area contributed by atoms with Crippen molar-refractivity contribution in [2.75, 3.05) is 20.2 Å². The van der Waals surface area contributed by atoms with Crippen LogP contribution in [0.5, 0.6) is 5.75 Å². The second-order valence-corrected chi connectivity index (χ2v) is 5.44. The molecule has 1 aromatic heterocycles. The van der Waals surface area contributed by atoms with Gasteiger partial charge in [-0.1, -0.05) is 36.4 Å². The van der Waals surface area contributed by atoms with Gasteiger partial charge >= 0.3 is 0 Å². The molecule has 1 heterocycles. The third kappa shape index (κ3) is 3.21. The van der Waals surface area contributed by atoms with Gasteiger partial charge in [0.1, 0.15) is 17.9 Å². The molecule has 0 fully saturated rings. The summed E-state index contributed by atoms with van der Waals surface area (Å²) in [5, 5.41) is 0.977. The maximum atomic E-state index is 12.6. The second-order valence-electron chi connectivity index (χ2n) is 5.44. The van der Waals surface area contributed by atoms with Gasteiger partial charge in [-0.2, -0.15) is 0 Å². The molecule has 0 unspecified atom stereocenters. The molecule has 118 valence electrons. The molecule has 0 spiro atoms. The number of nitrogens with zero attached hydrogens (tertiary/aromatic N) is 1. The molecule has 4 heteroatoms. The van der Waals surface area contributed by atoms with Gasteiger partial charge in [0, 0.05) is 18.0 Å². The lowest BCUT2D eigenvalue weighted by molar-refractivity contribution is 0.0744. The van der Waals surface area contributed by atoms with Crippen LogP contribution in [0.25, 0.3) is 11.0 Å². The van der Waals surface area contributed by atoms with Crippen molar-refractivity contribution in [1.29, 1.82) is 0 Å². The first-order valence-electron chi connectivity index (χ1n) is 7.58. The van der Waals surface area contributed by atoms with E-state index in [9.17, 15) is 4.79 Å². The Hall–Kier alpha value is -2.75. The van der Waals surface area contributed by atoms with Gasteiger partial charge in [-0.15, -0.1) is 0 Å². The van der Waals surface area contributed by atoms with Crippen LogP contribution in [0.1, 0.15) is 16.1 Å². The van der Waals surface area contributed by atoms with Crippen LogP contribution in [0.3, 0.4) is 0 Å². The van der Waals surface area contributed by atoms with Crippen molar-refractivity contribution in [3.05, 3.63) is 65.9 Å². The Morgan fingerprint density at radius 1 is 1.09 bits per heavy atom. The van der Waals surface area contributed by atoms with E-state index in [1.165, 1.54) is 0 Å². The molecule has 0 aliphatic rings. The van der Waals surface area contributed by atoms with E-state index in [-0.39, 0.29) is 5.91 Å². The highest BCUT2D eigenvalue weighted by molar-refractivity contribution is 5.98. The fourth-order valence-corrected chi connectivity index (χ4v) is 2.47. The minimum absolute atomic E-state index is 0.129. The van der Waals surface area contributed by atoms with Gasteiger partial charge in [-0.05, 0) is 25.1 Å². The Kier molecular flexibility index (Phi) is 4.33. The highest BCUT2D eigenvalue weighted by Crippen LogP contribution is 2.25. The lowest BCUT2D eigenvalue weighted by Crippen LogP contribution is -2.31. The van der Waals surface area contributed by atoms with E-state index in [1.807, 2.05) is 61.5 Å². The van der Waals surface area contributed by atoms with Crippen LogP contribution < -0.4 is 4.74 Å². The Labute approximate surface area is 135 Å². The van der Waals surface area contributed by atoms with Crippen molar-refractivity contribution < 1.29 is 13.9 Å². The third-order valence-electron chi connectivity index (χ3n) is 3.82. The van der Waals surface area contributed by atoms with Gasteiger partial charge in [-0.25, -0.2) is 0 Å². The molecule has 1 amide bonds. The van der Waals surface area contributed by atoms with E-state index in [2.05, 4.69) is 0 Å². The van der Waals surface area contributed by atoms with Crippen molar-refractivity contribution in [3.8, 4) is 5.75 Å². The summed E-state index contributed by atoms with van der Waals surface area (Å²) < 4.78 is 11.3. The average molecular weight is 309 g/mol. The topological polar surface area (TPSA) is 42.7 Å². The molecular formula is C19H19NO3. The van der Waals surface area contributed by atoms with E-state index < -0.39 is 0 Å². The van der Waals surface area contributed by atoms with E-state index in [1.54, 1.807) is 11.9 Å². The number of hydrogen-bond acceptors (Lipinski definition) is 3. The highest BCUT2D eigenvalue weighted by Gasteiger charge is 2.20. The molecule has 4 nitrogen and oxygen atoms in total. The van der Waals surface area contributed by atoms with E-state index in [4.69, 9.17) is 9.15 Å². The largest absolute Gasteiger partial charge is 0.492 e. The molecule has 2 aromatic carbocycles. The van der Waals surface area contributed by atoms with Crippen LogP contribution in [-0.4, -0.2) is 31.0 Å². The zero-order valence-corrected chi connectivity index (χ0v) is 13.3. The zero-order valence-electron chi connectivity index (χ0n) is 13.3. The molecule has 3 rings (SSSR count). The second kappa shape index (κ2) is 6.57. The smallest absolute Gasteiger partial charge is 0.289 e. The molecule has 3 aromatic rings. The number of hydrogen-bond donors (Lipinski definition) is 0. The fraction of sp³-hybridized carbons (Fsp3) is 0.211. The van der Waals surface area contributed by atoms with Crippen LogP contribution in [0.15, 0.2) is 59.0 Å². The minimum Gasteiger partial charge on any atom is -0.492 e. The molecule has 0 aliphatic heterocycles. The lowest BCUT2D eigenvalue weighted by Gasteiger charge is -2.16. The molecule has 0 atom stereocenters. The van der Waals surface area contributed by atoms with Crippen LogP contribution in [0, 0.1) is 6.92 Å². The number of fused-ring (bicyclic) bond motifs is 1. The molecule has 0 N–H and O–H groups in total. The Bertz CT molecular complexity index is 808. The summed E-state index contributed by atoms with van der Waals surface area (Å²) in [7, 11) is 1.75. The standard InChI is InChI=1S/C19H19NO3/c1-14-16-10-6-7-11-17(16)23-18(14)19(21)20(2)12-13-22-15-8-4-3-5-9-15/h3-11H,12-13H2,1-2H3. The van der Waals surface area contributed by atoms with Gasteiger partial charge in [0.15, 0.2) is 5.76 Å². The average Bonchev–Trinajstić information content (AvgIpc) is 2.92. The first-order valence-corrected chi connectivity index (χ1v) is 7.58. The number of carbonyl (C=O) groups is 1. The Morgan fingerprint density at radius 3 is 2.52 bits per heavy atom. The lowest BCUT2D eigenvalue weighted by atomic mass is 10.1. The molecular weight excluding hydrogens is 290 g/mol. The van der Waals surface area contributed by atoms with Crippen molar-refractivity contribution in [1.82, 2.24) is 4.90 Å². The van der Waals surface area contributed by atoms with Crippen LogP contribution >= 0.6 is 0 Å². The van der Waals surface area contributed by atoms with Crippen LogP contribution in [0.4, 0.5) is 0 Å². The summed E-state index contributed by atoms with van der Waals surface area (Å²) in [6.45, 7) is 2.84. The highest BCUT2D eigenvalue weighted by atomic mass is 16.5. The summed E-state index contributed by atoms with van der Waals surface area (Å²) in [5.41, 5.74) is 1.61. The Morgan fingerprint density at radius 2 is 1.78 bits per heavy atom. The predicted molar refractivity (Wildman–Crippen MR) is 89.8 cm³/mol. The van der Waals surface area contributed by atoms with E-state index in [0.29, 0.717) is 18.9 Å². The van der Waals surface area contributed by atoms with E-state index in [0.717, 1.165) is 22.3 Å². The SMILES string of the molecule is Cc1c(C(=O)N(C)CCOc2ccccc2)oc2ccccc12. The normalized spacial score (nSPS) is 10.7. The van der Waals surface area contributed by atoms with Gasteiger partial charge < -0.3 is 14.1 Å². The number of ether oxygens (including phenoxy) is 1. The number of amides is 1. The van der Waals surface area contributed by atoms with Crippen molar-refractivity contribution in [3.63, 3.8) is 0 Å². The minimum atomic E-state index is -0.129. The monoisotopic (exact) mass is 309 g/mol. The number of furan rings is 1. The first-order chi connectivity index (χ1) is 11.2. The predicted octanol–water partition coefficient (Wildman–Crippen LogP) is 3.89. The number of carbonyl (C=O) groups excluding carboxylic acids is 1. The van der Waals surface area contributed by atoms with Crippen molar-refractivity contribution >= 4 is 16.9 Å². The number of likely N-dealkylation sites (N-methyl/N-ethyl adjacent to an activating group) is 1. The molecule has 0 aliphatic carbocycles. The molecule has 23 heavy (non-hydrogen) atoms. The zero-order chi connectivity index (χ0) is 16.2. The molecule has 0 saturated heterocycles. The third-order valence-corrected chi connectivity index (χ3v) is 3.82. The number of para-hydroxylation sites is 2. The molecule has 0 radical (unpaired) electrons. The van der Waals surface area contributed by atoms with Crippen molar-refractivity contribution in [2.24, 2.45) is 0 Å². The fourth-order valence-electron chi connectivity index (χ4n) is 2.47.